The van der Waals surface area contributed by atoms with Crippen molar-refractivity contribution in [2.24, 2.45) is 0 Å². The molecule has 0 unspecified atom stereocenters. The maximum absolute atomic E-state index is 12.8. The van der Waals surface area contributed by atoms with Crippen molar-refractivity contribution in [1.29, 1.82) is 0 Å². The molecule has 0 saturated carbocycles. The third-order valence-electron chi connectivity index (χ3n) is 4.54. The number of aryl methyl sites for hydroxylation is 1. The topological polar surface area (TPSA) is 46.1 Å². The fourth-order valence-corrected chi connectivity index (χ4v) is 3.03. The van der Waals surface area contributed by atoms with Crippen LogP contribution in [0.5, 0.6) is 0 Å². The van der Waals surface area contributed by atoms with Gasteiger partial charge in [-0.1, -0.05) is 36.4 Å². The van der Waals surface area contributed by atoms with Crippen molar-refractivity contribution < 1.29 is 4.79 Å². The second-order valence-electron chi connectivity index (χ2n) is 6.58. The Balaban J connectivity index is 1.58. The Labute approximate surface area is 160 Å². The van der Waals surface area contributed by atoms with E-state index in [1.807, 2.05) is 53.4 Å². The third kappa shape index (κ3) is 6.33. The molecule has 4 heteroatoms. The number of aromatic nitrogens is 2. The summed E-state index contributed by atoms with van der Waals surface area (Å²) in [5, 5.41) is 0. The molecule has 2 aromatic heterocycles. The summed E-state index contributed by atoms with van der Waals surface area (Å²) < 4.78 is 0. The highest BCUT2D eigenvalue weighted by atomic mass is 16.2. The van der Waals surface area contributed by atoms with Gasteiger partial charge in [0.1, 0.15) is 0 Å². The van der Waals surface area contributed by atoms with E-state index in [4.69, 9.17) is 0 Å². The second-order valence-corrected chi connectivity index (χ2v) is 6.58. The van der Waals surface area contributed by atoms with Crippen molar-refractivity contribution in [2.45, 2.75) is 32.2 Å². The third-order valence-corrected chi connectivity index (χ3v) is 4.54. The number of pyridine rings is 2. The first kappa shape index (κ1) is 18.8. The maximum atomic E-state index is 12.8. The SMILES string of the molecule is O=C(CCCc1ccccn1)N(CCc1ccccc1)Cc1ccncc1. The Hall–Kier alpha value is -3.01. The van der Waals surface area contributed by atoms with Crippen molar-refractivity contribution in [2.75, 3.05) is 6.54 Å². The van der Waals surface area contributed by atoms with Crippen LogP contribution in [0.2, 0.25) is 0 Å². The Kier molecular flexibility index (Phi) is 7.10. The molecule has 0 N–H and O–H groups in total. The quantitative estimate of drug-likeness (QED) is 0.578. The molecule has 1 amide bonds. The number of amides is 1. The van der Waals surface area contributed by atoms with Gasteiger partial charge in [0.05, 0.1) is 0 Å². The van der Waals surface area contributed by atoms with Crippen LogP contribution in [0.15, 0.2) is 79.3 Å². The largest absolute Gasteiger partial charge is 0.338 e. The van der Waals surface area contributed by atoms with Crippen molar-refractivity contribution in [3.63, 3.8) is 0 Å². The summed E-state index contributed by atoms with van der Waals surface area (Å²) in [6, 6.07) is 20.2. The van der Waals surface area contributed by atoms with Crippen LogP contribution in [0.4, 0.5) is 0 Å². The number of benzene rings is 1. The zero-order chi connectivity index (χ0) is 18.7. The predicted molar refractivity (Wildman–Crippen MR) is 107 cm³/mol. The van der Waals surface area contributed by atoms with Crippen molar-refractivity contribution in [3.05, 3.63) is 96.1 Å². The Morgan fingerprint density at radius 3 is 2.33 bits per heavy atom. The molecule has 3 rings (SSSR count). The summed E-state index contributed by atoms with van der Waals surface area (Å²) >= 11 is 0. The van der Waals surface area contributed by atoms with Gasteiger partial charge in [0, 0.05) is 43.8 Å². The molecule has 0 bridgehead atoms. The summed E-state index contributed by atoms with van der Waals surface area (Å²) in [4.78, 5) is 23.2. The molecule has 2 heterocycles. The first-order chi connectivity index (χ1) is 13.3. The Morgan fingerprint density at radius 2 is 1.59 bits per heavy atom. The number of nitrogens with zero attached hydrogens (tertiary/aromatic N) is 3. The Bertz CT molecular complexity index is 807. The van der Waals surface area contributed by atoms with E-state index in [2.05, 4.69) is 22.1 Å². The number of rotatable bonds is 9. The van der Waals surface area contributed by atoms with Gasteiger partial charge in [0.15, 0.2) is 0 Å². The van der Waals surface area contributed by atoms with Crippen LogP contribution in [0.3, 0.4) is 0 Å². The normalized spacial score (nSPS) is 10.5. The zero-order valence-corrected chi connectivity index (χ0v) is 15.5. The van der Waals surface area contributed by atoms with Crippen LogP contribution in [0, 0.1) is 0 Å². The molecule has 0 aliphatic rings. The summed E-state index contributed by atoms with van der Waals surface area (Å²) in [6.07, 6.45) is 8.38. The molecule has 0 aliphatic heterocycles. The Morgan fingerprint density at radius 1 is 0.815 bits per heavy atom. The molecule has 0 atom stereocenters. The van der Waals surface area contributed by atoms with Crippen LogP contribution in [0.1, 0.15) is 29.7 Å². The van der Waals surface area contributed by atoms with Crippen LogP contribution in [-0.2, 0) is 24.2 Å². The van der Waals surface area contributed by atoms with Crippen molar-refractivity contribution >= 4 is 5.91 Å². The summed E-state index contributed by atoms with van der Waals surface area (Å²) in [7, 11) is 0. The lowest BCUT2D eigenvalue weighted by Crippen LogP contribution is -2.32. The molecule has 1 aromatic carbocycles. The lowest BCUT2D eigenvalue weighted by Gasteiger charge is -2.23. The average molecular weight is 359 g/mol. The number of carbonyl (C=O) groups excluding carboxylic acids is 1. The average Bonchev–Trinajstić information content (AvgIpc) is 2.73. The lowest BCUT2D eigenvalue weighted by molar-refractivity contribution is -0.131. The minimum Gasteiger partial charge on any atom is -0.338 e. The molecular weight excluding hydrogens is 334 g/mol. The van der Waals surface area contributed by atoms with Crippen LogP contribution in [0.25, 0.3) is 0 Å². The van der Waals surface area contributed by atoms with Gasteiger partial charge < -0.3 is 4.90 Å². The van der Waals surface area contributed by atoms with Crippen molar-refractivity contribution in [1.82, 2.24) is 14.9 Å². The summed E-state index contributed by atoms with van der Waals surface area (Å²) in [5.74, 6) is 0.193. The smallest absolute Gasteiger partial charge is 0.222 e. The van der Waals surface area contributed by atoms with E-state index in [0.717, 1.165) is 37.1 Å². The van der Waals surface area contributed by atoms with Gasteiger partial charge in [-0.05, 0) is 54.7 Å². The lowest BCUT2D eigenvalue weighted by atomic mass is 10.1. The standard InChI is InChI=1S/C23H25N3O/c27-23(11-6-10-22-9-4-5-15-25-22)26(19-21-12-16-24-17-13-21)18-14-20-7-2-1-3-8-20/h1-5,7-9,12-13,15-17H,6,10-11,14,18-19H2. The number of hydrogen-bond acceptors (Lipinski definition) is 3. The molecule has 0 spiro atoms. The van der Waals surface area contributed by atoms with Gasteiger partial charge in [-0.2, -0.15) is 0 Å². The molecule has 4 nitrogen and oxygen atoms in total. The number of carbonyl (C=O) groups is 1. The van der Waals surface area contributed by atoms with Gasteiger partial charge in [-0.15, -0.1) is 0 Å². The van der Waals surface area contributed by atoms with Gasteiger partial charge in [-0.3, -0.25) is 14.8 Å². The van der Waals surface area contributed by atoms with Gasteiger partial charge in [0.25, 0.3) is 0 Å². The molecule has 3 aromatic rings. The van der Waals surface area contributed by atoms with E-state index in [1.54, 1.807) is 18.6 Å². The van der Waals surface area contributed by atoms with E-state index in [1.165, 1.54) is 5.56 Å². The molecular formula is C23H25N3O. The van der Waals surface area contributed by atoms with Gasteiger partial charge in [-0.25, -0.2) is 0 Å². The highest BCUT2D eigenvalue weighted by Crippen LogP contribution is 2.10. The highest BCUT2D eigenvalue weighted by Gasteiger charge is 2.14. The highest BCUT2D eigenvalue weighted by molar-refractivity contribution is 5.76. The van der Waals surface area contributed by atoms with Gasteiger partial charge in [0.2, 0.25) is 5.91 Å². The predicted octanol–water partition coefficient (Wildman–Crippen LogP) is 4.07. The number of hydrogen-bond donors (Lipinski definition) is 0. The molecule has 138 valence electrons. The van der Waals surface area contributed by atoms with Crippen LogP contribution in [-0.4, -0.2) is 27.3 Å². The van der Waals surface area contributed by atoms with Crippen LogP contribution < -0.4 is 0 Å². The first-order valence-electron chi connectivity index (χ1n) is 9.42. The van der Waals surface area contributed by atoms with Crippen LogP contribution >= 0.6 is 0 Å². The molecule has 0 aliphatic carbocycles. The fraction of sp³-hybridized carbons (Fsp3) is 0.261. The fourth-order valence-electron chi connectivity index (χ4n) is 3.03. The summed E-state index contributed by atoms with van der Waals surface area (Å²) in [5.41, 5.74) is 3.39. The van der Waals surface area contributed by atoms with Gasteiger partial charge >= 0.3 is 0 Å². The van der Waals surface area contributed by atoms with E-state index in [0.29, 0.717) is 13.0 Å². The molecule has 27 heavy (non-hydrogen) atoms. The first-order valence-corrected chi connectivity index (χ1v) is 9.42. The minimum absolute atomic E-state index is 0.193. The second kappa shape index (κ2) is 10.2. The monoisotopic (exact) mass is 359 g/mol. The van der Waals surface area contributed by atoms with Crippen molar-refractivity contribution in [3.8, 4) is 0 Å². The van der Waals surface area contributed by atoms with E-state index in [-0.39, 0.29) is 5.91 Å². The molecule has 0 radical (unpaired) electrons. The maximum Gasteiger partial charge on any atom is 0.222 e. The zero-order valence-electron chi connectivity index (χ0n) is 15.5. The molecule has 0 saturated heterocycles. The summed E-state index contributed by atoms with van der Waals surface area (Å²) in [6.45, 7) is 1.34. The molecule has 0 fully saturated rings. The minimum atomic E-state index is 0.193. The van der Waals surface area contributed by atoms with E-state index < -0.39 is 0 Å². The van der Waals surface area contributed by atoms with E-state index >= 15 is 0 Å². The van der Waals surface area contributed by atoms with E-state index in [9.17, 15) is 4.79 Å².